The van der Waals surface area contributed by atoms with Gasteiger partial charge in [0.25, 0.3) is 0 Å². The van der Waals surface area contributed by atoms with E-state index in [2.05, 4.69) is 137 Å². The van der Waals surface area contributed by atoms with Crippen molar-refractivity contribution in [2.45, 2.75) is 27.7 Å². The molecule has 202 valence electrons. The second-order valence-corrected chi connectivity index (χ2v) is 13.7. The Balaban J connectivity index is 0.000000129. The summed E-state index contributed by atoms with van der Waals surface area (Å²) in [5.41, 5.74) is 5.42. The Morgan fingerprint density at radius 1 is 0.333 bits per heavy atom. The van der Waals surface area contributed by atoms with Gasteiger partial charge in [-0.1, -0.05) is 84.9 Å². The largest absolute Gasteiger partial charge is 0.135 e. The van der Waals surface area contributed by atoms with E-state index in [-0.39, 0.29) is 0 Å². The van der Waals surface area contributed by atoms with Gasteiger partial charge in [0.2, 0.25) is 0 Å². The number of fused-ring (bicyclic) bond motifs is 12. The first-order valence-corrected chi connectivity index (χ1v) is 16.2. The molecule has 0 nitrogen and oxygen atoms in total. The van der Waals surface area contributed by atoms with Gasteiger partial charge in [0.05, 0.1) is 0 Å². The van der Waals surface area contributed by atoms with E-state index < -0.39 is 0 Å². The fourth-order valence-electron chi connectivity index (χ4n) is 6.77. The fourth-order valence-corrected chi connectivity index (χ4v) is 9.42. The molecular formula is C40H30S2. The third kappa shape index (κ3) is 3.86. The molecule has 0 saturated carbocycles. The zero-order valence-electron chi connectivity index (χ0n) is 24.2. The van der Waals surface area contributed by atoms with Gasteiger partial charge in [0.15, 0.2) is 0 Å². The van der Waals surface area contributed by atoms with Crippen LogP contribution in [-0.2, 0) is 0 Å². The summed E-state index contributed by atoms with van der Waals surface area (Å²) in [7, 11) is 0. The van der Waals surface area contributed by atoms with Gasteiger partial charge in [-0.05, 0) is 107 Å². The van der Waals surface area contributed by atoms with Crippen LogP contribution in [0.25, 0.3) is 72.7 Å². The zero-order chi connectivity index (χ0) is 28.5. The summed E-state index contributed by atoms with van der Waals surface area (Å²) in [4.78, 5) is 0. The Labute approximate surface area is 253 Å². The van der Waals surface area contributed by atoms with Crippen LogP contribution in [0.2, 0.25) is 0 Å². The molecule has 0 fully saturated rings. The fraction of sp³-hybridized carbons (Fsp3) is 0.100. The van der Waals surface area contributed by atoms with Gasteiger partial charge in [0.1, 0.15) is 0 Å². The van der Waals surface area contributed by atoms with Crippen molar-refractivity contribution in [2.75, 3.05) is 0 Å². The minimum atomic E-state index is 1.33. The summed E-state index contributed by atoms with van der Waals surface area (Å²) >= 11 is 3.82. The predicted molar refractivity (Wildman–Crippen MR) is 190 cm³/mol. The maximum absolute atomic E-state index is 2.35. The molecule has 0 radical (unpaired) electrons. The van der Waals surface area contributed by atoms with Crippen LogP contribution in [0.1, 0.15) is 22.3 Å². The summed E-state index contributed by atoms with van der Waals surface area (Å²) in [5.74, 6) is 0. The first-order chi connectivity index (χ1) is 20.5. The lowest BCUT2D eigenvalue weighted by Crippen LogP contribution is -1.82. The van der Waals surface area contributed by atoms with E-state index in [1.54, 1.807) is 0 Å². The van der Waals surface area contributed by atoms with Crippen LogP contribution in [0.15, 0.2) is 109 Å². The average molecular weight is 575 g/mol. The van der Waals surface area contributed by atoms with Crippen molar-refractivity contribution >= 4 is 95.3 Å². The van der Waals surface area contributed by atoms with E-state index in [4.69, 9.17) is 0 Å². The standard InChI is InChI=1S/C22H16S.C18H14S/c1-13-11-19-21(17-9-5-3-7-15(13)17)22-18-10-6-4-8-16(18)14(2)12-20(22)23-19;1-11-7-8-15-16(9-11)19-17-10-12(2)13-5-3-4-6-14(13)18(15)17/h3-12H,1-2H3;3-10H,1-2H3. The molecular weight excluding hydrogens is 545 g/mol. The third-order valence-electron chi connectivity index (χ3n) is 8.74. The number of benzene rings is 7. The van der Waals surface area contributed by atoms with E-state index >= 15 is 0 Å². The maximum atomic E-state index is 2.35. The maximum Gasteiger partial charge on any atom is 0.0364 e. The third-order valence-corrected chi connectivity index (χ3v) is 10.9. The molecule has 0 atom stereocenters. The number of hydrogen-bond acceptors (Lipinski definition) is 2. The molecule has 0 spiro atoms. The normalized spacial score (nSPS) is 11.8. The molecule has 0 aliphatic carbocycles. The van der Waals surface area contributed by atoms with Gasteiger partial charge in [-0.15, -0.1) is 22.7 Å². The Kier molecular flexibility index (Phi) is 5.86. The van der Waals surface area contributed by atoms with Gasteiger partial charge < -0.3 is 0 Å². The molecule has 0 saturated heterocycles. The summed E-state index contributed by atoms with van der Waals surface area (Å²) in [6.45, 7) is 8.80. The van der Waals surface area contributed by atoms with Crippen LogP contribution in [0, 0.1) is 27.7 Å². The molecule has 7 aromatic carbocycles. The lowest BCUT2D eigenvalue weighted by Gasteiger charge is -2.07. The highest BCUT2D eigenvalue weighted by Crippen LogP contribution is 2.44. The van der Waals surface area contributed by atoms with Crippen LogP contribution in [0.3, 0.4) is 0 Å². The minimum absolute atomic E-state index is 1.33. The zero-order valence-corrected chi connectivity index (χ0v) is 25.8. The predicted octanol–water partition coefficient (Wildman–Crippen LogP) is 12.8. The first-order valence-electron chi connectivity index (χ1n) is 14.5. The smallest absolute Gasteiger partial charge is 0.0364 e. The number of hydrogen-bond donors (Lipinski definition) is 0. The Morgan fingerprint density at radius 3 is 1.19 bits per heavy atom. The molecule has 0 bridgehead atoms. The number of rotatable bonds is 0. The van der Waals surface area contributed by atoms with Crippen molar-refractivity contribution in [1.82, 2.24) is 0 Å². The van der Waals surface area contributed by atoms with E-state index in [1.165, 1.54) is 94.9 Å². The minimum Gasteiger partial charge on any atom is -0.135 e. The second-order valence-electron chi connectivity index (χ2n) is 11.5. The number of thiophene rings is 2. The Morgan fingerprint density at radius 2 is 0.714 bits per heavy atom. The van der Waals surface area contributed by atoms with Crippen LogP contribution in [-0.4, -0.2) is 0 Å². The van der Waals surface area contributed by atoms with E-state index in [9.17, 15) is 0 Å². The highest BCUT2D eigenvalue weighted by atomic mass is 32.1. The van der Waals surface area contributed by atoms with Crippen LogP contribution in [0.4, 0.5) is 0 Å². The van der Waals surface area contributed by atoms with Crippen LogP contribution < -0.4 is 0 Å². The van der Waals surface area contributed by atoms with Crippen molar-refractivity contribution in [3.05, 3.63) is 131 Å². The molecule has 2 aromatic heterocycles. The molecule has 0 amide bonds. The first kappa shape index (κ1) is 25.5. The highest BCUT2D eigenvalue weighted by molar-refractivity contribution is 7.26. The molecule has 0 unspecified atom stereocenters. The molecule has 2 heterocycles. The van der Waals surface area contributed by atoms with Crippen LogP contribution in [0.5, 0.6) is 0 Å². The second kappa shape index (κ2) is 9.66. The van der Waals surface area contributed by atoms with Gasteiger partial charge >= 0.3 is 0 Å². The summed E-state index contributed by atoms with van der Waals surface area (Å²) in [5, 5.41) is 13.9. The molecule has 0 aliphatic heterocycles. The summed E-state index contributed by atoms with van der Waals surface area (Å²) in [6, 6.07) is 40.1. The quantitative estimate of drug-likeness (QED) is 0.169. The van der Waals surface area contributed by atoms with Crippen molar-refractivity contribution < 1.29 is 0 Å². The monoisotopic (exact) mass is 574 g/mol. The number of aryl methyl sites for hydroxylation is 4. The van der Waals surface area contributed by atoms with E-state index in [1.807, 2.05) is 22.7 Å². The lowest BCUT2D eigenvalue weighted by atomic mass is 9.96. The Hall–Kier alpha value is -4.24. The summed E-state index contributed by atoms with van der Waals surface area (Å²) in [6.07, 6.45) is 0. The lowest BCUT2D eigenvalue weighted by molar-refractivity contribution is 1.52. The average Bonchev–Trinajstić information content (AvgIpc) is 3.55. The molecule has 2 heteroatoms. The molecule has 9 rings (SSSR count). The van der Waals surface area contributed by atoms with Gasteiger partial charge in [-0.3, -0.25) is 0 Å². The van der Waals surface area contributed by atoms with Crippen molar-refractivity contribution in [2.24, 2.45) is 0 Å². The van der Waals surface area contributed by atoms with E-state index in [0.29, 0.717) is 0 Å². The van der Waals surface area contributed by atoms with Crippen LogP contribution >= 0.6 is 22.7 Å². The molecule has 42 heavy (non-hydrogen) atoms. The Bertz CT molecular complexity index is 2410. The summed E-state index contributed by atoms with van der Waals surface area (Å²) < 4.78 is 5.58. The van der Waals surface area contributed by atoms with Crippen molar-refractivity contribution in [1.29, 1.82) is 0 Å². The van der Waals surface area contributed by atoms with Gasteiger partial charge in [-0.2, -0.15) is 0 Å². The van der Waals surface area contributed by atoms with Gasteiger partial charge in [-0.25, -0.2) is 0 Å². The van der Waals surface area contributed by atoms with Crippen molar-refractivity contribution in [3.63, 3.8) is 0 Å². The van der Waals surface area contributed by atoms with Crippen molar-refractivity contribution in [3.8, 4) is 0 Å². The molecule has 9 aromatic rings. The van der Waals surface area contributed by atoms with Gasteiger partial charge in [0, 0.05) is 40.3 Å². The SMILES string of the molecule is Cc1cc2sc3cc(C)c4ccccc4c3c2c2ccccc12.Cc1ccc2c(c1)sc1cc(C)c3ccccc3c12. The molecule has 0 N–H and O–H groups in total. The van der Waals surface area contributed by atoms with E-state index in [0.717, 1.165) is 0 Å². The topological polar surface area (TPSA) is 0 Å². The highest BCUT2D eigenvalue weighted by Gasteiger charge is 2.14. The molecule has 0 aliphatic rings.